The first-order valence-corrected chi connectivity index (χ1v) is 6.89. The summed E-state index contributed by atoms with van der Waals surface area (Å²) in [6.45, 7) is 3.11. The van der Waals surface area contributed by atoms with Gasteiger partial charge in [0.25, 0.3) is 5.91 Å². The molecule has 3 rings (SSSR count). The van der Waals surface area contributed by atoms with E-state index in [-0.39, 0.29) is 5.91 Å². The normalized spacial score (nSPS) is 11.0. The van der Waals surface area contributed by atoms with Gasteiger partial charge in [0.2, 0.25) is 0 Å². The molecule has 0 fully saturated rings. The minimum Gasteiger partial charge on any atom is -0.334 e. The van der Waals surface area contributed by atoms with Gasteiger partial charge in [-0.25, -0.2) is 4.98 Å². The van der Waals surface area contributed by atoms with Gasteiger partial charge >= 0.3 is 0 Å². The molecule has 0 saturated carbocycles. The summed E-state index contributed by atoms with van der Waals surface area (Å²) < 4.78 is 3.65. The van der Waals surface area contributed by atoms with Crippen molar-refractivity contribution in [2.45, 2.75) is 20.0 Å². The summed E-state index contributed by atoms with van der Waals surface area (Å²) in [5.74, 6) is -0.0496. The number of nitrogens with zero attached hydrogens (tertiary/aromatic N) is 5. The Hall–Kier alpha value is -2.63. The molecule has 0 unspecified atom stereocenters. The number of carbonyl (C=O) groups excluding carboxylic acids is 1. The molecule has 0 atom stereocenters. The van der Waals surface area contributed by atoms with Crippen LogP contribution in [-0.4, -0.2) is 37.0 Å². The van der Waals surface area contributed by atoms with Crippen LogP contribution in [0.2, 0.25) is 0 Å². The Bertz CT molecular complexity index is 740. The van der Waals surface area contributed by atoms with Crippen LogP contribution >= 0.6 is 0 Å². The highest BCUT2D eigenvalue weighted by Crippen LogP contribution is 2.09. The molecule has 6 heteroatoms. The summed E-state index contributed by atoms with van der Waals surface area (Å²) in [6.07, 6.45) is 5.53. The quantitative estimate of drug-likeness (QED) is 0.734. The van der Waals surface area contributed by atoms with Crippen molar-refractivity contribution in [3.05, 3.63) is 54.2 Å². The van der Waals surface area contributed by atoms with Crippen LogP contribution in [0.3, 0.4) is 0 Å². The van der Waals surface area contributed by atoms with Crippen LogP contribution in [-0.2, 0) is 13.1 Å². The summed E-state index contributed by atoms with van der Waals surface area (Å²) in [4.78, 5) is 18.6. The van der Waals surface area contributed by atoms with E-state index >= 15 is 0 Å². The number of fused-ring (bicyclic) bond motifs is 1. The van der Waals surface area contributed by atoms with E-state index in [2.05, 4.69) is 10.1 Å². The molecule has 0 aliphatic heterocycles. The first kappa shape index (κ1) is 13.4. The number of aryl methyl sites for hydroxylation is 1. The summed E-state index contributed by atoms with van der Waals surface area (Å²) in [5.41, 5.74) is 2.34. The van der Waals surface area contributed by atoms with E-state index in [9.17, 15) is 4.79 Å². The first-order valence-electron chi connectivity index (χ1n) is 6.89. The fourth-order valence-electron chi connectivity index (χ4n) is 2.34. The van der Waals surface area contributed by atoms with Gasteiger partial charge < -0.3 is 9.30 Å². The lowest BCUT2D eigenvalue weighted by molar-refractivity contribution is 0.0771. The molecule has 108 valence electrons. The van der Waals surface area contributed by atoms with E-state index < -0.39 is 0 Å². The van der Waals surface area contributed by atoms with Gasteiger partial charge in [-0.05, 0) is 25.1 Å². The Labute approximate surface area is 122 Å². The lowest BCUT2D eigenvalue weighted by Gasteiger charge is -2.16. The molecule has 0 spiro atoms. The number of carbonyl (C=O) groups is 1. The molecule has 0 aromatic carbocycles. The number of amides is 1. The largest absolute Gasteiger partial charge is 0.334 e. The standard InChI is InChI=1S/C15H17N5O/c1-3-20-13(7-8-16-20)15(21)18(2)10-12-11-19-9-5-4-6-14(19)17-12/h4-9,11H,3,10H2,1-2H3. The molecule has 21 heavy (non-hydrogen) atoms. The van der Waals surface area contributed by atoms with Crippen LogP contribution < -0.4 is 0 Å². The van der Waals surface area contributed by atoms with Crippen LogP contribution in [0.25, 0.3) is 5.65 Å². The van der Waals surface area contributed by atoms with E-state index in [4.69, 9.17) is 0 Å². The van der Waals surface area contributed by atoms with Gasteiger partial charge in [0.1, 0.15) is 11.3 Å². The molecule has 3 aromatic rings. The Morgan fingerprint density at radius 2 is 2.19 bits per heavy atom. The van der Waals surface area contributed by atoms with E-state index in [1.54, 1.807) is 28.9 Å². The van der Waals surface area contributed by atoms with Crippen molar-refractivity contribution in [2.24, 2.45) is 0 Å². The van der Waals surface area contributed by atoms with E-state index in [0.717, 1.165) is 11.3 Å². The molecule has 3 heterocycles. The van der Waals surface area contributed by atoms with E-state index in [1.807, 2.05) is 41.9 Å². The van der Waals surface area contributed by atoms with Gasteiger partial charge in [0.15, 0.2) is 0 Å². The minimum absolute atomic E-state index is 0.0496. The minimum atomic E-state index is -0.0496. The van der Waals surface area contributed by atoms with Gasteiger partial charge in [0.05, 0.1) is 12.2 Å². The van der Waals surface area contributed by atoms with Crippen LogP contribution in [0.1, 0.15) is 23.1 Å². The maximum atomic E-state index is 12.4. The molecular formula is C15H17N5O. The van der Waals surface area contributed by atoms with Crippen molar-refractivity contribution in [1.29, 1.82) is 0 Å². The van der Waals surface area contributed by atoms with Crippen LogP contribution in [0.5, 0.6) is 0 Å². The highest BCUT2D eigenvalue weighted by atomic mass is 16.2. The zero-order chi connectivity index (χ0) is 14.8. The molecule has 0 N–H and O–H groups in total. The van der Waals surface area contributed by atoms with Crippen molar-refractivity contribution >= 4 is 11.6 Å². The average Bonchev–Trinajstić information content (AvgIpc) is 3.11. The third kappa shape index (κ3) is 2.52. The first-order chi connectivity index (χ1) is 10.2. The number of imidazole rings is 1. The summed E-state index contributed by atoms with van der Waals surface area (Å²) in [5, 5.41) is 4.13. The number of hydrogen-bond donors (Lipinski definition) is 0. The number of pyridine rings is 1. The zero-order valence-electron chi connectivity index (χ0n) is 12.1. The van der Waals surface area contributed by atoms with Gasteiger partial charge in [-0.1, -0.05) is 6.07 Å². The smallest absolute Gasteiger partial charge is 0.272 e. The second kappa shape index (κ2) is 5.40. The molecule has 0 bridgehead atoms. The predicted octanol–water partition coefficient (Wildman–Crippen LogP) is 1.82. The average molecular weight is 283 g/mol. The Morgan fingerprint density at radius 3 is 2.95 bits per heavy atom. The van der Waals surface area contributed by atoms with Crippen molar-refractivity contribution in [3.8, 4) is 0 Å². The maximum Gasteiger partial charge on any atom is 0.272 e. The number of rotatable bonds is 4. The van der Waals surface area contributed by atoms with Crippen LogP contribution in [0, 0.1) is 0 Å². The molecule has 0 saturated heterocycles. The van der Waals surface area contributed by atoms with Gasteiger partial charge in [-0.15, -0.1) is 0 Å². The molecule has 0 radical (unpaired) electrons. The third-order valence-corrected chi connectivity index (χ3v) is 3.39. The summed E-state index contributed by atoms with van der Waals surface area (Å²) >= 11 is 0. The van der Waals surface area contributed by atoms with Crippen LogP contribution in [0.4, 0.5) is 0 Å². The molecule has 0 aliphatic carbocycles. The van der Waals surface area contributed by atoms with Crippen molar-refractivity contribution in [1.82, 2.24) is 24.1 Å². The highest BCUT2D eigenvalue weighted by molar-refractivity contribution is 5.92. The SMILES string of the molecule is CCn1nccc1C(=O)N(C)Cc1cn2ccccc2n1. The van der Waals surface area contributed by atoms with Gasteiger partial charge in [0, 0.05) is 32.2 Å². The predicted molar refractivity (Wildman–Crippen MR) is 78.9 cm³/mol. The maximum absolute atomic E-state index is 12.4. The highest BCUT2D eigenvalue weighted by Gasteiger charge is 2.17. The van der Waals surface area contributed by atoms with E-state index in [0.29, 0.717) is 18.8 Å². The fourth-order valence-corrected chi connectivity index (χ4v) is 2.34. The summed E-state index contributed by atoms with van der Waals surface area (Å²) in [7, 11) is 1.78. The second-order valence-electron chi connectivity index (χ2n) is 4.89. The van der Waals surface area contributed by atoms with E-state index in [1.165, 1.54) is 0 Å². The van der Waals surface area contributed by atoms with Crippen molar-refractivity contribution in [2.75, 3.05) is 7.05 Å². The lowest BCUT2D eigenvalue weighted by Crippen LogP contribution is -2.28. The molecular weight excluding hydrogens is 266 g/mol. The lowest BCUT2D eigenvalue weighted by atomic mass is 10.3. The fraction of sp³-hybridized carbons (Fsp3) is 0.267. The topological polar surface area (TPSA) is 55.4 Å². The number of aromatic nitrogens is 4. The molecule has 0 aliphatic rings. The molecule has 6 nitrogen and oxygen atoms in total. The Kier molecular flexibility index (Phi) is 3.43. The van der Waals surface area contributed by atoms with Crippen LogP contribution in [0.15, 0.2) is 42.9 Å². The van der Waals surface area contributed by atoms with Gasteiger partial charge in [-0.3, -0.25) is 9.48 Å². The number of hydrogen-bond acceptors (Lipinski definition) is 3. The Balaban J connectivity index is 1.79. The zero-order valence-corrected chi connectivity index (χ0v) is 12.1. The summed E-state index contributed by atoms with van der Waals surface area (Å²) in [6, 6.07) is 7.58. The monoisotopic (exact) mass is 283 g/mol. The van der Waals surface area contributed by atoms with Gasteiger partial charge in [-0.2, -0.15) is 5.10 Å². The van der Waals surface area contributed by atoms with Crippen molar-refractivity contribution < 1.29 is 4.79 Å². The molecule has 3 aromatic heterocycles. The Morgan fingerprint density at radius 1 is 1.33 bits per heavy atom. The third-order valence-electron chi connectivity index (χ3n) is 3.39. The van der Waals surface area contributed by atoms with Crippen molar-refractivity contribution in [3.63, 3.8) is 0 Å². The molecule has 1 amide bonds. The second-order valence-corrected chi connectivity index (χ2v) is 4.89.